The Labute approximate surface area is 107 Å². The van der Waals surface area contributed by atoms with E-state index < -0.39 is 0 Å². The molecule has 0 fully saturated rings. The summed E-state index contributed by atoms with van der Waals surface area (Å²) in [4.78, 5) is 0. The van der Waals surface area contributed by atoms with Crippen LogP contribution in [0.25, 0.3) is 0 Å². The van der Waals surface area contributed by atoms with E-state index in [1.807, 2.05) is 36.4 Å². The van der Waals surface area contributed by atoms with Crippen molar-refractivity contribution in [3.8, 4) is 5.75 Å². The van der Waals surface area contributed by atoms with E-state index in [-0.39, 0.29) is 5.82 Å². The van der Waals surface area contributed by atoms with Crippen LogP contribution in [0, 0.1) is 11.7 Å². The standard InChI is InChI=1S/C16H16FO/c1-12(11-13-7-9-14(17)10-8-13)15-5-3-4-6-16(15)18-2/h3-10H,11H2,1-2H3. The maximum Gasteiger partial charge on any atom is 0.123 e. The Bertz CT molecular complexity index is 505. The second kappa shape index (κ2) is 5.67. The monoisotopic (exact) mass is 243 g/mol. The van der Waals surface area contributed by atoms with Crippen LogP contribution >= 0.6 is 0 Å². The predicted octanol–water partition coefficient (Wildman–Crippen LogP) is 4.02. The van der Waals surface area contributed by atoms with Gasteiger partial charge in [0.2, 0.25) is 0 Å². The Hall–Kier alpha value is -1.83. The fourth-order valence-electron chi connectivity index (χ4n) is 2.00. The van der Waals surface area contributed by atoms with Gasteiger partial charge in [-0.2, -0.15) is 0 Å². The maximum absolute atomic E-state index is 12.8. The molecule has 0 saturated carbocycles. The summed E-state index contributed by atoms with van der Waals surface area (Å²) in [6.45, 7) is 2.07. The van der Waals surface area contributed by atoms with Crippen molar-refractivity contribution in [3.63, 3.8) is 0 Å². The molecule has 0 aliphatic carbocycles. The Kier molecular flexibility index (Phi) is 3.98. The lowest BCUT2D eigenvalue weighted by Crippen LogP contribution is -2.02. The van der Waals surface area contributed by atoms with Crippen LogP contribution in [0.5, 0.6) is 5.75 Å². The van der Waals surface area contributed by atoms with Gasteiger partial charge in [-0.1, -0.05) is 37.3 Å². The van der Waals surface area contributed by atoms with Gasteiger partial charge in [-0.25, -0.2) is 4.39 Å². The molecule has 2 heteroatoms. The van der Waals surface area contributed by atoms with Crippen LogP contribution in [0.2, 0.25) is 0 Å². The number of ether oxygens (including phenoxy) is 1. The molecule has 0 amide bonds. The second-order valence-electron chi connectivity index (χ2n) is 4.28. The third-order valence-corrected chi connectivity index (χ3v) is 2.95. The quantitative estimate of drug-likeness (QED) is 0.788. The summed E-state index contributed by atoms with van der Waals surface area (Å²) >= 11 is 0. The van der Waals surface area contributed by atoms with Crippen LogP contribution in [0.4, 0.5) is 4.39 Å². The number of methoxy groups -OCH3 is 1. The number of halogens is 1. The highest BCUT2D eigenvalue weighted by atomic mass is 19.1. The summed E-state index contributed by atoms with van der Waals surface area (Å²) in [5.41, 5.74) is 2.20. The summed E-state index contributed by atoms with van der Waals surface area (Å²) < 4.78 is 18.2. The minimum absolute atomic E-state index is 0.200. The van der Waals surface area contributed by atoms with Crippen LogP contribution in [-0.4, -0.2) is 7.11 Å². The highest BCUT2D eigenvalue weighted by Crippen LogP contribution is 2.27. The van der Waals surface area contributed by atoms with Crippen molar-refractivity contribution in [2.75, 3.05) is 7.11 Å². The van der Waals surface area contributed by atoms with Gasteiger partial charge < -0.3 is 4.74 Å². The lowest BCUT2D eigenvalue weighted by Gasteiger charge is -2.15. The van der Waals surface area contributed by atoms with Gasteiger partial charge in [0.1, 0.15) is 11.6 Å². The number of benzene rings is 2. The normalized spacial score (nSPS) is 10.7. The first-order chi connectivity index (χ1) is 8.70. The molecule has 2 aromatic rings. The van der Waals surface area contributed by atoms with Gasteiger partial charge in [0.25, 0.3) is 0 Å². The van der Waals surface area contributed by atoms with Crippen LogP contribution in [-0.2, 0) is 6.42 Å². The smallest absolute Gasteiger partial charge is 0.123 e. The molecule has 2 aromatic carbocycles. The molecular weight excluding hydrogens is 227 g/mol. The zero-order chi connectivity index (χ0) is 13.0. The lowest BCUT2D eigenvalue weighted by atomic mass is 9.93. The molecule has 0 N–H and O–H groups in total. The summed E-state index contributed by atoms with van der Waals surface area (Å²) in [6.07, 6.45) is 0.792. The van der Waals surface area contributed by atoms with Crippen molar-refractivity contribution < 1.29 is 9.13 Å². The first-order valence-electron chi connectivity index (χ1n) is 5.91. The molecule has 2 rings (SSSR count). The topological polar surface area (TPSA) is 9.23 Å². The van der Waals surface area contributed by atoms with E-state index in [0.717, 1.165) is 23.3 Å². The van der Waals surface area contributed by atoms with Gasteiger partial charge in [0.15, 0.2) is 0 Å². The number of hydrogen-bond donors (Lipinski definition) is 0. The molecule has 1 radical (unpaired) electrons. The van der Waals surface area contributed by atoms with Crippen LogP contribution < -0.4 is 4.74 Å². The third-order valence-electron chi connectivity index (χ3n) is 2.95. The van der Waals surface area contributed by atoms with E-state index in [0.29, 0.717) is 0 Å². The van der Waals surface area contributed by atoms with Gasteiger partial charge in [-0.15, -0.1) is 0 Å². The van der Waals surface area contributed by atoms with Crippen LogP contribution in [0.1, 0.15) is 18.1 Å². The van der Waals surface area contributed by atoms with Crippen molar-refractivity contribution in [3.05, 3.63) is 71.4 Å². The summed E-state index contributed by atoms with van der Waals surface area (Å²) in [6, 6.07) is 14.5. The van der Waals surface area contributed by atoms with E-state index in [4.69, 9.17) is 4.74 Å². The van der Waals surface area contributed by atoms with Crippen LogP contribution in [0.3, 0.4) is 0 Å². The molecule has 0 aliphatic rings. The van der Waals surface area contributed by atoms with Gasteiger partial charge >= 0.3 is 0 Å². The fraction of sp³-hybridized carbons (Fsp3) is 0.188. The van der Waals surface area contributed by atoms with E-state index in [9.17, 15) is 4.39 Å². The average molecular weight is 243 g/mol. The Morgan fingerprint density at radius 3 is 2.39 bits per heavy atom. The van der Waals surface area contributed by atoms with Gasteiger partial charge in [0.05, 0.1) is 7.11 Å². The molecule has 0 spiro atoms. The van der Waals surface area contributed by atoms with Crippen molar-refractivity contribution >= 4 is 0 Å². The van der Waals surface area contributed by atoms with E-state index >= 15 is 0 Å². The molecule has 0 heterocycles. The van der Waals surface area contributed by atoms with Gasteiger partial charge in [0, 0.05) is 11.5 Å². The lowest BCUT2D eigenvalue weighted by molar-refractivity contribution is 0.411. The summed E-state index contributed by atoms with van der Waals surface area (Å²) in [5, 5.41) is 0. The highest BCUT2D eigenvalue weighted by molar-refractivity contribution is 5.44. The van der Waals surface area contributed by atoms with E-state index in [1.54, 1.807) is 7.11 Å². The molecule has 0 aromatic heterocycles. The first kappa shape index (κ1) is 12.6. The molecular formula is C16H16FO. The number of hydrogen-bond acceptors (Lipinski definition) is 1. The largest absolute Gasteiger partial charge is 0.496 e. The molecule has 1 nitrogen and oxygen atoms in total. The SMILES string of the molecule is COc1ccccc1[C](C)Cc1ccc(F)cc1. The average Bonchev–Trinajstić information content (AvgIpc) is 2.41. The van der Waals surface area contributed by atoms with Crippen molar-refractivity contribution in [2.45, 2.75) is 13.3 Å². The van der Waals surface area contributed by atoms with Crippen LogP contribution in [0.15, 0.2) is 48.5 Å². The summed E-state index contributed by atoms with van der Waals surface area (Å²) in [5.74, 6) is 1.88. The number of rotatable bonds is 4. The van der Waals surface area contributed by atoms with Crippen molar-refractivity contribution in [1.82, 2.24) is 0 Å². The minimum Gasteiger partial charge on any atom is -0.496 e. The molecule has 0 bridgehead atoms. The number of para-hydroxylation sites is 1. The Morgan fingerprint density at radius 1 is 1.06 bits per heavy atom. The summed E-state index contributed by atoms with van der Waals surface area (Å²) in [7, 11) is 1.67. The molecule has 0 atom stereocenters. The van der Waals surface area contributed by atoms with Crippen molar-refractivity contribution in [1.29, 1.82) is 0 Å². The first-order valence-corrected chi connectivity index (χ1v) is 5.91. The second-order valence-corrected chi connectivity index (χ2v) is 4.28. The third kappa shape index (κ3) is 2.89. The van der Waals surface area contributed by atoms with Gasteiger partial charge in [-0.3, -0.25) is 0 Å². The zero-order valence-electron chi connectivity index (χ0n) is 10.6. The van der Waals surface area contributed by atoms with E-state index in [1.165, 1.54) is 18.1 Å². The molecule has 0 unspecified atom stereocenters. The minimum atomic E-state index is -0.200. The maximum atomic E-state index is 12.8. The zero-order valence-corrected chi connectivity index (χ0v) is 10.6. The molecule has 0 aliphatic heterocycles. The molecule has 0 saturated heterocycles. The fourth-order valence-corrected chi connectivity index (χ4v) is 2.00. The highest BCUT2D eigenvalue weighted by Gasteiger charge is 2.12. The Morgan fingerprint density at radius 2 is 1.72 bits per heavy atom. The molecule has 18 heavy (non-hydrogen) atoms. The van der Waals surface area contributed by atoms with Gasteiger partial charge in [-0.05, 0) is 30.2 Å². The predicted molar refractivity (Wildman–Crippen MR) is 71.1 cm³/mol. The Balaban J connectivity index is 2.16. The van der Waals surface area contributed by atoms with Crippen molar-refractivity contribution in [2.24, 2.45) is 0 Å². The van der Waals surface area contributed by atoms with E-state index in [2.05, 4.69) is 6.92 Å². The molecule has 93 valence electrons.